The van der Waals surface area contributed by atoms with Crippen LogP contribution in [0, 0.1) is 11.4 Å². The molecular formula is C19H18FNO2S. The molecule has 1 heterocycles. The fraction of sp³-hybridized carbons (Fsp3) is 0.211. The van der Waals surface area contributed by atoms with Gasteiger partial charge in [-0.15, -0.1) is 0 Å². The SMILES string of the molecule is CC1(C)C=C(c2ccc(S(C)(=O)=O)cc2)C(c2ccc(F)nc2)=C1. The Morgan fingerprint density at radius 1 is 0.917 bits per heavy atom. The van der Waals surface area contributed by atoms with Gasteiger partial charge in [0.2, 0.25) is 5.95 Å². The molecule has 0 aliphatic heterocycles. The molecule has 2 aromatic rings. The van der Waals surface area contributed by atoms with E-state index in [-0.39, 0.29) is 10.3 Å². The molecule has 1 aromatic heterocycles. The molecule has 1 aromatic carbocycles. The minimum absolute atomic E-state index is 0.144. The van der Waals surface area contributed by atoms with Crippen molar-refractivity contribution in [1.82, 2.24) is 4.98 Å². The van der Waals surface area contributed by atoms with Crippen LogP contribution in [0.1, 0.15) is 25.0 Å². The summed E-state index contributed by atoms with van der Waals surface area (Å²) in [6.45, 7) is 4.17. The smallest absolute Gasteiger partial charge is 0.212 e. The number of hydrogen-bond acceptors (Lipinski definition) is 3. The summed E-state index contributed by atoms with van der Waals surface area (Å²) in [5.74, 6) is -0.514. The number of allylic oxidation sites excluding steroid dienone is 4. The summed E-state index contributed by atoms with van der Waals surface area (Å²) in [4.78, 5) is 4.02. The third kappa shape index (κ3) is 3.31. The Morgan fingerprint density at radius 3 is 1.96 bits per heavy atom. The minimum atomic E-state index is -3.22. The van der Waals surface area contributed by atoms with E-state index in [1.54, 1.807) is 30.3 Å². The molecule has 0 radical (unpaired) electrons. The Hall–Kier alpha value is -2.27. The summed E-state index contributed by atoms with van der Waals surface area (Å²) < 4.78 is 36.3. The van der Waals surface area contributed by atoms with Gasteiger partial charge in [0, 0.05) is 23.4 Å². The van der Waals surface area contributed by atoms with E-state index in [4.69, 9.17) is 0 Å². The van der Waals surface area contributed by atoms with Gasteiger partial charge in [-0.05, 0) is 41.0 Å². The van der Waals surface area contributed by atoms with Crippen molar-refractivity contribution < 1.29 is 12.8 Å². The zero-order valence-electron chi connectivity index (χ0n) is 13.7. The van der Waals surface area contributed by atoms with Crippen LogP contribution in [0.2, 0.25) is 0 Å². The fourth-order valence-electron chi connectivity index (χ4n) is 2.84. The predicted octanol–water partition coefficient (Wildman–Crippen LogP) is 4.13. The van der Waals surface area contributed by atoms with Crippen LogP contribution < -0.4 is 0 Å². The maximum atomic E-state index is 13.1. The Morgan fingerprint density at radius 2 is 1.46 bits per heavy atom. The quantitative estimate of drug-likeness (QED) is 0.787. The topological polar surface area (TPSA) is 47.0 Å². The summed E-state index contributed by atoms with van der Waals surface area (Å²) in [5.41, 5.74) is 3.58. The Kier molecular flexibility index (Phi) is 3.92. The molecule has 1 aliphatic carbocycles. The standard InChI is InChI=1S/C19H18FNO2S/c1-19(2)10-16(13-4-7-15(8-5-13)24(3,22)23)17(11-19)14-6-9-18(20)21-12-14/h4-12H,1-3H3. The first-order chi connectivity index (χ1) is 11.2. The van der Waals surface area contributed by atoms with Gasteiger partial charge in [-0.2, -0.15) is 4.39 Å². The van der Waals surface area contributed by atoms with E-state index in [0.717, 1.165) is 22.3 Å². The van der Waals surface area contributed by atoms with Gasteiger partial charge in [0.1, 0.15) is 0 Å². The molecule has 0 N–H and O–H groups in total. The molecule has 0 saturated carbocycles. The lowest BCUT2D eigenvalue weighted by Crippen LogP contribution is -1.98. The molecule has 0 atom stereocenters. The summed E-state index contributed by atoms with van der Waals surface area (Å²) in [6, 6.07) is 9.86. The van der Waals surface area contributed by atoms with Crippen molar-refractivity contribution in [3.05, 3.63) is 71.8 Å². The van der Waals surface area contributed by atoms with Crippen molar-refractivity contribution in [2.24, 2.45) is 5.41 Å². The van der Waals surface area contributed by atoms with Crippen LogP contribution in [0.25, 0.3) is 11.1 Å². The van der Waals surface area contributed by atoms with Crippen molar-refractivity contribution in [2.45, 2.75) is 18.7 Å². The van der Waals surface area contributed by atoms with Crippen LogP contribution in [0.15, 0.2) is 59.6 Å². The maximum absolute atomic E-state index is 13.1. The van der Waals surface area contributed by atoms with Crippen molar-refractivity contribution in [2.75, 3.05) is 6.26 Å². The molecule has 5 heteroatoms. The molecule has 0 saturated heterocycles. The molecular weight excluding hydrogens is 325 g/mol. The van der Waals surface area contributed by atoms with Crippen LogP contribution in [-0.4, -0.2) is 19.7 Å². The highest BCUT2D eigenvalue weighted by Gasteiger charge is 2.25. The predicted molar refractivity (Wildman–Crippen MR) is 93.5 cm³/mol. The summed E-state index contributed by atoms with van der Waals surface area (Å²) in [7, 11) is -3.22. The summed E-state index contributed by atoms with van der Waals surface area (Å²) in [6.07, 6.45) is 6.94. The molecule has 24 heavy (non-hydrogen) atoms. The van der Waals surface area contributed by atoms with Crippen molar-refractivity contribution in [1.29, 1.82) is 0 Å². The van der Waals surface area contributed by atoms with Gasteiger partial charge in [-0.1, -0.05) is 38.1 Å². The van der Waals surface area contributed by atoms with Gasteiger partial charge in [0.15, 0.2) is 9.84 Å². The average Bonchev–Trinajstić information content (AvgIpc) is 2.83. The second-order valence-electron chi connectivity index (χ2n) is 6.60. The highest BCUT2D eigenvalue weighted by molar-refractivity contribution is 7.90. The number of rotatable bonds is 3. The number of nitrogens with zero attached hydrogens (tertiary/aromatic N) is 1. The van der Waals surface area contributed by atoms with Gasteiger partial charge < -0.3 is 0 Å². The number of hydrogen-bond donors (Lipinski definition) is 0. The van der Waals surface area contributed by atoms with E-state index >= 15 is 0 Å². The van der Waals surface area contributed by atoms with Gasteiger partial charge in [-0.3, -0.25) is 0 Å². The number of benzene rings is 1. The zero-order chi connectivity index (χ0) is 17.5. The number of halogens is 1. The van der Waals surface area contributed by atoms with Gasteiger partial charge in [0.25, 0.3) is 0 Å². The van der Waals surface area contributed by atoms with Crippen LogP contribution in [0.5, 0.6) is 0 Å². The lowest BCUT2D eigenvalue weighted by atomic mass is 9.95. The Bertz CT molecular complexity index is 938. The second kappa shape index (κ2) is 5.67. The van der Waals surface area contributed by atoms with Crippen LogP contribution in [0.4, 0.5) is 4.39 Å². The third-order valence-corrected chi connectivity index (χ3v) is 5.08. The molecule has 1 aliphatic rings. The van der Waals surface area contributed by atoms with E-state index < -0.39 is 15.8 Å². The van der Waals surface area contributed by atoms with Gasteiger partial charge in [0.05, 0.1) is 4.90 Å². The maximum Gasteiger partial charge on any atom is 0.212 e. The highest BCUT2D eigenvalue weighted by atomic mass is 32.2. The molecule has 0 bridgehead atoms. The van der Waals surface area contributed by atoms with E-state index in [9.17, 15) is 12.8 Å². The molecule has 0 fully saturated rings. The summed E-state index contributed by atoms with van der Waals surface area (Å²) in [5, 5.41) is 0. The lowest BCUT2D eigenvalue weighted by Gasteiger charge is -2.10. The fourth-order valence-corrected chi connectivity index (χ4v) is 3.47. The van der Waals surface area contributed by atoms with E-state index in [1.807, 2.05) is 0 Å². The molecule has 0 amide bonds. The molecule has 124 valence electrons. The first-order valence-electron chi connectivity index (χ1n) is 7.54. The lowest BCUT2D eigenvalue weighted by molar-refractivity contribution is 0.583. The second-order valence-corrected chi connectivity index (χ2v) is 8.62. The van der Waals surface area contributed by atoms with E-state index in [0.29, 0.717) is 0 Å². The summed E-state index contributed by atoms with van der Waals surface area (Å²) >= 11 is 0. The number of sulfone groups is 1. The first-order valence-corrected chi connectivity index (χ1v) is 9.43. The Labute approximate surface area is 141 Å². The van der Waals surface area contributed by atoms with Crippen molar-refractivity contribution in [3.8, 4) is 0 Å². The third-order valence-electron chi connectivity index (χ3n) is 3.95. The zero-order valence-corrected chi connectivity index (χ0v) is 14.6. The number of pyridine rings is 1. The van der Waals surface area contributed by atoms with Gasteiger partial charge in [-0.25, -0.2) is 13.4 Å². The molecule has 3 rings (SSSR count). The average molecular weight is 343 g/mol. The van der Waals surface area contributed by atoms with E-state index in [1.165, 1.54) is 18.5 Å². The molecule has 0 unspecified atom stereocenters. The first kappa shape index (κ1) is 16.6. The monoisotopic (exact) mass is 343 g/mol. The normalized spacial score (nSPS) is 16.7. The minimum Gasteiger partial charge on any atom is -0.228 e. The molecule has 0 spiro atoms. The van der Waals surface area contributed by atoms with E-state index in [2.05, 4.69) is 31.0 Å². The largest absolute Gasteiger partial charge is 0.228 e. The van der Waals surface area contributed by atoms with Crippen LogP contribution in [0.3, 0.4) is 0 Å². The van der Waals surface area contributed by atoms with Crippen molar-refractivity contribution in [3.63, 3.8) is 0 Å². The van der Waals surface area contributed by atoms with Crippen molar-refractivity contribution >= 4 is 21.0 Å². The van der Waals surface area contributed by atoms with Gasteiger partial charge >= 0.3 is 0 Å². The molecule has 3 nitrogen and oxygen atoms in total. The van der Waals surface area contributed by atoms with Crippen LogP contribution in [-0.2, 0) is 9.84 Å². The number of aromatic nitrogens is 1. The van der Waals surface area contributed by atoms with Crippen LogP contribution >= 0.6 is 0 Å². The Balaban J connectivity index is 2.05. The highest BCUT2D eigenvalue weighted by Crippen LogP contribution is 2.43.